The number of hydrogen-bond acceptors (Lipinski definition) is 3. The predicted molar refractivity (Wildman–Crippen MR) is 76.0 cm³/mol. The van der Waals surface area contributed by atoms with E-state index in [1.54, 1.807) is 18.2 Å². The number of halogens is 1. The van der Waals surface area contributed by atoms with Crippen LogP contribution in [0.15, 0.2) is 18.2 Å². The average Bonchev–Trinajstić information content (AvgIpc) is 2.37. The van der Waals surface area contributed by atoms with E-state index in [1.165, 1.54) is 7.11 Å². The first kappa shape index (κ1) is 15.8. The molecule has 0 aliphatic rings. The summed E-state index contributed by atoms with van der Waals surface area (Å²) in [5.74, 6) is 0.414. The maximum atomic E-state index is 11.8. The molecule has 1 N–H and O–H groups in total. The van der Waals surface area contributed by atoms with Gasteiger partial charge in [-0.1, -0.05) is 11.6 Å². The molecule has 0 saturated carbocycles. The lowest BCUT2D eigenvalue weighted by Crippen LogP contribution is -2.25. The van der Waals surface area contributed by atoms with Gasteiger partial charge in [-0.25, -0.2) is 0 Å². The molecule has 0 bridgehead atoms. The van der Waals surface area contributed by atoms with Gasteiger partial charge in [0, 0.05) is 18.7 Å². The first-order valence-corrected chi connectivity index (χ1v) is 6.65. The molecule has 5 heteroatoms. The normalized spacial score (nSPS) is 10.6. The first-order valence-electron chi connectivity index (χ1n) is 6.28. The fourth-order valence-electron chi connectivity index (χ4n) is 1.50. The molecule has 0 heterocycles. The molecule has 1 amide bonds. The molecule has 0 aliphatic heterocycles. The minimum absolute atomic E-state index is 0.144. The van der Waals surface area contributed by atoms with Crippen molar-refractivity contribution >= 4 is 17.5 Å². The van der Waals surface area contributed by atoms with Gasteiger partial charge in [-0.05, 0) is 38.5 Å². The second-order valence-corrected chi connectivity index (χ2v) is 4.79. The van der Waals surface area contributed by atoms with Crippen molar-refractivity contribution in [3.05, 3.63) is 28.8 Å². The summed E-state index contributed by atoms with van der Waals surface area (Å²) >= 11 is 5.97. The Kier molecular flexibility index (Phi) is 6.67. The van der Waals surface area contributed by atoms with E-state index in [4.69, 9.17) is 21.1 Å². The number of carbonyl (C=O) groups excluding carboxylic acids is 1. The molecule has 0 aromatic heterocycles. The van der Waals surface area contributed by atoms with Crippen LogP contribution in [0.3, 0.4) is 0 Å². The van der Waals surface area contributed by atoms with Crippen LogP contribution in [0.5, 0.6) is 5.75 Å². The number of benzene rings is 1. The van der Waals surface area contributed by atoms with Gasteiger partial charge in [0.2, 0.25) is 0 Å². The minimum atomic E-state index is -0.144. The molecule has 1 rings (SSSR count). The van der Waals surface area contributed by atoms with Crippen molar-refractivity contribution in [2.75, 3.05) is 20.3 Å². The smallest absolute Gasteiger partial charge is 0.251 e. The summed E-state index contributed by atoms with van der Waals surface area (Å²) in [6, 6.07) is 4.96. The van der Waals surface area contributed by atoms with Gasteiger partial charge >= 0.3 is 0 Å². The van der Waals surface area contributed by atoms with Gasteiger partial charge in [-0.3, -0.25) is 4.79 Å². The Hall–Kier alpha value is -1.26. The predicted octanol–water partition coefficient (Wildman–Crippen LogP) is 2.89. The number of hydrogen-bond donors (Lipinski definition) is 1. The zero-order valence-electron chi connectivity index (χ0n) is 11.5. The standard InChI is InChI=1S/C14H20ClNO3/c1-10(2)19-8-4-7-16-14(17)11-5-6-13(18-3)12(15)9-11/h5-6,9-10H,4,7-8H2,1-3H3,(H,16,17). The van der Waals surface area contributed by atoms with Gasteiger partial charge < -0.3 is 14.8 Å². The summed E-state index contributed by atoms with van der Waals surface area (Å²) in [7, 11) is 1.54. The summed E-state index contributed by atoms with van der Waals surface area (Å²) in [5, 5.41) is 3.25. The van der Waals surface area contributed by atoms with E-state index in [2.05, 4.69) is 5.32 Å². The van der Waals surface area contributed by atoms with Crippen LogP contribution in [0.4, 0.5) is 0 Å². The van der Waals surface area contributed by atoms with Crippen LogP contribution in [-0.4, -0.2) is 32.3 Å². The number of amides is 1. The lowest BCUT2D eigenvalue weighted by molar-refractivity contribution is 0.0757. The highest BCUT2D eigenvalue weighted by molar-refractivity contribution is 6.32. The Morgan fingerprint density at radius 3 is 2.74 bits per heavy atom. The number of nitrogens with one attached hydrogen (secondary N) is 1. The van der Waals surface area contributed by atoms with Gasteiger partial charge in [0.15, 0.2) is 0 Å². The largest absolute Gasteiger partial charge is 0.495 e. The Labute approximate surface area is 119 Å². The van der Waals surface area contributed by atoms with E-state index in [-0.39, 0.29) is 12.0 Å². The van der Waals surface area contributed by atoms with Crippen LogP contribution in [0.1, 0.15) is 30.6 Å². The van der Waals surface area contributed by atoms with Crippen molar-refractivity contribution in [3.8, 4) is 5.75 Å². The van der Waals surface area contributed by atoms with Crippen LogP contribution in [-0.2, 0) is 4.74 Å². The minimum Gasteiger partial charge on any atom is -0.495 e. The zero-order valence-corrected chi connectivity index (χ0v) is 12.3. The van der Waals surface area contributed by atoms with E-state index < -0.39 is 0 Å². The van der Waals surface area contributed by atoms with Crippen LogP contribution in [0.2, 0.25) is 5.02 Å². The van der Waals surface area contributed by atoms with Crippen molar-refractivity contribution in [1.29, 1.82) is 0 Å². The number of methoxy groups -OCH3 is 1. The second kappa shape index (κ2) is 8.02. The fourth-order valence-corrected chi connectivity index (χ4v) is 1.76. The molecule has 0 radical (unpaired) electrons. The number of ether oxygens (including phenoxy) is 2. The highest BCUT2D eigenvalue weighted by Crippen LogP contribution is 2.24. The van der Waals surface area contributed by atoms with E-state index in [0.717, 1.165) is 6.42 Å². The highest BCUT2D eigenvalue weighted by Gasteiger charge is 2.08. The summed E-state index contributed by atoms with van der Waals surface area (Å²) < 4.78 is 10.4. The molecule has 1 aromatic rings. The van der Waals surface area contributed by atoms with Gasteiger partial charge in [0.25, 0.3) is 5.91 Å². The maximum absolute atomic E-state index is 11.8. The first-order chi connectivity index (χ1) is 9.04. The molecule has 19 heavy (non-hydrogen) atoms. The monoisotopic (exact) mass is 285 g/mol. The lowest BCUT2D eigenvalue weighted by atomic mass is 10.2. The Balaban J connectivity index is 2.39. The van der Waals surface area contributed by atoms with E-state index in [1.807, 2.05) is 13.8 Å². The van der Waals surface area contributed by atoms with Gasteiger partial charge in [0.1, 0.15) is 5.75 Å². The van der Waals surface area contributed by atoms with Crippen molar-refractivity contribution in [2.45, 2.75) is 26.4 Å². The molecular weight excluding hydrogens is 266 g/mol. The van der Waals surface area contributed by atoms with E-state index >= 15 is 0 Å². The summed E-state index contributed by atoms with van der Waals surface area (Å²) in [6.45, 7) is 5.19. The molecule has 0 fully saturated rings. The summed E-state index contributed by atoms with van der Waals surface area (Å²) in [5.41, 5.74) is 0.524. The van der Waals surface area contributed by atoms with Crippen molar-refractivity contribution in [1.82, 2.24) is 5.32 Å². The molecule has 0 saturated heterocycles. The summed E-state index contributed by atoms with van der Waals surface area (Å²) in [6.07, 6.45) is 1.00. The third kappa shape index (κ3) is 5.49. The average molecular weight is 286 g/mol. The van der Waals surface area contributed by atoms with Crippen LogP contribution in [0.25, 0.3) is 0 Å². The molecule has 106 valence electrons. The molecule has 4 nitrogen and oxygen atoms in total. The summed E-state index contributed by atoms with van der Waals surface area (Å²) in [4.78, 5) is 11.8. The molecular formula is C14H20ClNO3. The molecule has 0 atom stereocenters. The van der Waals surface area contributed by atoms with Crippen molar-refractivity contribution in [3.63, 3.8) is 0 Å². The maximum Gasteiger partial charge on any atom is 0.251 e. The number of rotatable bonds is 7. The fraction of sp³-hybridized carbons (Fsp3) is 0.500. The van der Waals surface area contributed by atoms with E-state index in [0.29, 0.717) is 29.5 Å². The van der Waals surface area contributed by atoms with Crippen molar-refractivity contribution < 1.29 is 14.3 Å². The quantitative estimate of drug-likeness (QED) is 0.784. The Morgan fingerprint density at radius 1 is 1.42 bits per heavy atom. The molecule has 0 aliphatic carbocycles. The van der Waals surface area contributed by atoms with Crippen molar-refractivity contribution in [2.24, 2.45) is 0 Å². The molecule has 1 aromatic carbocycles. The van der Waals surface area contributed by atoms with Gasteiger partial charge in [0.05, 0.1) is 18.2 Å². The van der Waals surface area contributed by atoms with Crippen LogP contribution < -0.4 is 10.1 Å². The lowest BCUT2D eigenvalue weighted by Gasteiger charge is -2.09. The zero-order chi connectivity index (χ0) is 14.3. The topological polar surface area (TPSA) is 47.6 Å². The second-order valence-electron chi connectivity index (χ2n) is 4.38. The third-order valence-electron chi connectivity index (χ3n) is 2.47. The van der Waals surface area contributed by atoms with Gasteiger partial charge in [-0.2, -0.15) is 0 Å². The Morgan fingerprint density at radius 2 is 2.16 bits per heavy atom. The highest BCUT2D eigenvalue weighted by atomic mass is 35.5. The van der Waals surface area contributed by atoms with E-state index in [9.17, 15) is 4.79 Å². The van der Waals surface area contributed by atoms with Crippen LogP contribution >= 0.6 is 11.6 Å². The molecule has 0 unspecified atom stereocenters. The van der Waals surface area contributed by atoms with Crippen LogP contribution in [0, 0.1) is 0 Å². The number of carbonyl (C=O) groups is 1. The Bertz CT molecular complexity index is 421. The molecule has 0 spiro atoms. The third-order valence-corrected chi connectivity index (χ3v) is 2.77. The SMILES string of the molecule is COc1ccc(C(=O)NCCCOC(C)C)cc1Cl. The van der Waals surface area contributed by atoms with Gasteiger partial charge in [-0.15, -0.1) is 0 Å².